The summed E-state index contributed by atoms with van der Waals surface area (Å²) in [7, 11) is 0. The van der Waals surface area contributed by atoms with Gasteiger partial charge in [-0.15, -0.1) is 0 Å². The fourth-order valence-corrected chi connectivity index (χ4v) is 2.90. The number of hydrogen-bond donors (Lipinski definition) is 8. The summed E-state index contributed by atoms with van der Waals surface area (Å²) in [6.45, 7) is 1.63. The summed E-state index contributed by atoms with van der Waals surface area (Å²) < 4.78 is 0. The zero-order valence-electron chi connectivity index (χ0n) is 18.8. The van der Waals surface area contributed by atoms with Gasteiger partial charge in [0.15, 0.2) is 28.7 Å². The lowest BCUT2D eigenvalue weighted by molar-refractivity contribution is -0.117. The SMILES string of the molecule is CC(CCNC(=O)/C(C#N)=C/c1ccc(O)c(O)c1O)NC(=O)/C(C#N)=C/c1cc(O)c(O)c(O)c1. The fourth-order valence-electron chi connectivity index (χ4n) is 2.90. The van der Waals surface area contributed by atoms with E-state index in [2.05, 4.69) is 10.6 Å². The van der Waals surface area contributed by atoms with Crippen LogP contribution in [0.2, 0.25) is 0 Å². The number of nitriles is 2. The van der Waals surface area contributed by atoms with Crippen molar-refractivity contribution < 1.29 is 40.2 Å². The monoisotopic (exact) mass is 494 g/mol. The number of phenols is 6. The van der Waals surface area contributed by atoms with E-state index in [1.807, 2.05) is 0 Å². The van der Waals surface area contributed by atoms with Crippen LogP contribution in [0.1, 0.15) is 24.5 Å². The Morgan fingerprint density at radius 1 is 0.861 bits per heavy atom. The van der Waals surface area contributed by atoms with Crippen molar-refractivity contribution in [1.82, 2.24) is 10.6 Å². The van der Waals surface area contributed by atoms with Gasteiger partial charge in [0.2, 0.25) is 5.75 Å². The summed E-state index contributed by atoms with van der Waals surface area (Å²) in [4.78, 5) is 24.7. The van der Waals surface area contributed by atoms with Gasteiger partial charge in [-0.2, -0.15) is 10.5 Å². The molecule has 186 valence electrons. The third-order valence-electron chi connectivity index (χ3n) is 4.83. The molecule has 2 amide bonds. The predicted molar refractivity (Wildman–Crippen MR) is 125 cm³/mol. The van der Waals surface area contributed by atoms with Gasteiger partial charge in [0.25, 0.3) is 11.8 Å². The summed E-state index contributed by atoms with van der Waals surface area (Å²) in [6, 6.07) is 7.23. The van der Waals surface area contributed by atoms with Gasteiger partial charge in [0, 0.05) is 18.2 Å². The first-order chi connectivity index (χ1) is 17.0. The van der Waals surface area contributed by atoms with Gasteiger partial charge < -0.3 is 41.3 Å². The van der Waals surface area contributed by atoms with E-state index < -0.39 is 52.4 Å². The smallest absolute Gasteiger partial charge is 0.262 e. The van der Waals surface area contributed by atoms with Crippen LogP contribution < -0.4 is 10.6 Å². The van der Waals surface area contributed by atoms with Crippen molar-refractivity contribution in [3.05, 3.63) is 46.5 Å². The van der Waals surface area contributed by atoms with Crippen molar-refractivity contribution in [2.45, 2.75) is 19.4 Å². The van der Waals surface area contributed by atoms with Crippen molar-refractivity contribution in [2.24, 2.45) is 0 Å². The maximum Gasteiger partial charge on any atom is 0.262 e. The van der Waals surface area contributed by atoms with Gasteiger partial charge in [-0.25, -0.2) is 0 Å². The number of nitrogens with zero attached hydrogens (tertiary/aromatic N) is 2. The Hall–Kier alpha value is -5.36. The number of phenolic OH excluding ortho intramolecular Hbond substituents is 6. The minimum atomic E-state index is -0.796. The number of amides is 2. The highest BCUT2D eigenvalue weighted by Gasteiger charge is 2.16. The van der Waals surface area contributed by atoms with Crippen LogP contribution >= 0.6 is 0 Å². The summed E-state index contributed by atoms with van der Waals surface area (Å²) in [6.07, 6.45) is 2.34. The van der Waals surface area contributed by atoms with Crippen LogP contribution in [-0.4, -0.2) is 55.0 Å². The number of aromatic hydroxyl groups is 6. The van der Waals surface area contributed by atoms with Crippen molar-refractivity contribution in [3.63, 3.8) is 0 Å². The fraction of sp³-hybridized carbons (Fsp3) is 0.167. The molecule has 0 radical (unpaired) electrons. The minimum Gasteiger partial charge on any atom is -0.504 e. The Morgan fingerprint density at radius 2 is 1.44 bits per heavy atom. The number of nitrogens with one attached hydrogen (secondary N) is 2. The Kier molecular flexibility index (Phi) is 8.72. The summed E-state index contributed by atoms with van der Waals surface area (Å²) in [5.41, 5.74) is -0.703. The molecule has 0 saturated carbocycles. The first-order valence-electron chi connectivity index (χ1n) is 10.3. The standard InChI is InChI=1S/C24H22N4O8/c1-12(28-24(36)15(10-25)6-13-7-18(30)21(33)19(31)8-13)4-5-27-23(35)16(11-26)9-14-2-3-17(29)22(34)20(14)32/h2-3,6-9,12,29-34H,4-5H2,1H3,(H,27,35)(H,28,36)/b15-6+,16-9+. The van der Waals surface area contributed by atoms with Crippen molar-refractivity contribution in [2.75, 3.05) is 6.54 Å². The molecule has 1 atom stereocenters. The predicted octanol–water partition coefficient (Wildman–Crippen LogP) is 1.45. The number of benzene rings is 2. The van der Waals surface area contributed by atoms with Crippen LogP contribution in [0.3, 0.4) is 0 Å². The topological polar surface area (TPSA) is 227 Å². The first-order valence-corrected chi connectivity index (χ1v) is 10.3. The molecule has 0 heterocycles. The van der Waals surface area contributed by atoms with Gasteiger partial charge >= 0.3 is 0 Å². The van der Waals surface area contributed by atoms with E-state index in [-0.39, 0.29) is 35.2 Å². The highest BCUT2D eigenvalue weighted by atomic mass is 16.3. The molecule has 2 aromatic carbocycles. The molecule has 0 saturated heterocycles. The average molecular weight is 494 g/mol. The molecule has 2 aromatic rings. The molecule has 12 heteroatoms. The molecular formula is C24H22N4O8. The van der Waals surface area contributed by atoms with Gasteiger partial charge in [-0.1, -0.05) is 0 Å². The molecule has 0 aliphatic rings. The van der Waals surface area contributed by atoms with E-state index >= 15 is 0 Å². The summed E-state index contributed by atoms with van der Waals surface area (Å²) in [5.74, 6) is -5.62. The van der Waals surface area contributed by atoms with E-state index in [0.29, 0.717) is 0 Å². The molecule has 0 bridgehead atoms. The minimum absolute atomic E-state index is 0.0252. The molecule has 0 spiro atoms. The molecule has 12 nitrogen and oxygen atoms in total. The van der Waals surface area contributed by atoms with Gasteiger partial charge in [0.05, 0.1) is 0 Å². The molecule has 0 fully saturated rings. The van der Waals surface area contributed by atoms with E-state index in [9.17, 15) is 50.8 Å². The number of carbonyl (C=O) groups is 2. The third-order valence-corrected chi connectivity index (χ3v) is 4.83. The second-order valence-corrected chi connectivity index (χ2v) is 7.54. The van der Waals surface area contributed by atoms with E-state index in [1.165, 1.54) is 6.07 Å². The van der Waals surface area contributed by atoms with E-state index in [1.54, 1.807) is 19.1 Å². The molecular weight excluding hydrogens is 472 g/mol. The second kappa shape index (κ2) is 11.7. The zero-order valence-corrected chi connectivity index (χ0v) is 18.8. The summed E-state index contributed by atoms with van der Waals surface area (Å²) in [5, 5.41) is 80.8. The van der Waals surface area contributed by atoms with Crippen molar-refractivity contribution in [1.29, 1.82) is 10.5 Å². The Morgan fingerprint density at radius 3 is 2.03 bits per heavy atom. The molecule has 0 aliphatic carbocycles. The lowest BCUT2D eigenvalue weighted by Gasteiger charge is -2.14. The van der Waals surface area contributed by atoms with Crippen LogP contribution in [0.4, 0.5) is 0 Å². The van der Waals surface area contributed by atoms with Gasteiger partial charge in [-0.05, 0) is 55.3 Å². The highest BCUT2D eigenvalue weighted by Crippen LogP contribution is 2.38. The molecule has 0 aromatic heterocycles. The maximum atomic E-state index is 12.4. The van der Waals surface area contributed by atoms with Crippen molar-refractivity contribution >= 4 is 24.0 Å². The van der Waals surface area contributed by atoms with Crippen LogP contribution in [0, 0.1) is 22.7 Å². The molecule has 2 rings (SSSR count). The third kappa shape index (κ3) is 6.59. The Balaban J connectivity index is 1.98. The summed E-state index contributed by atoms with van der Waals surface area (Å²) >= 11 is 0. The lowest BCUT2D eigenvalue weighted by Crippen LogP contribution is -2.36. The Labute approximate surface area is 204 Å². The number of hydrogen-bond acceptors (Lipinski definition) is 10. The average Bonchev–Trinajstić information content (AvgIpc) is 2.83. The molecule has 36 heavy (non-hydrogen) atoms. The maximum absolute atomic E-state index is 12.4. The van der Waals surface area contributed by atoms with E-state index in [0.717, 1.165) is 30.4 Å². The number of rotatable bonds is 8. The quantitative estimate of drug-likeness (QED) is 0.150. The van der Waals surface area contributed by atoms with E-state index in [4.69, 9.17) is 0 Å². The van der Waals surface area contributed by atoms with Crippen LogP contribution in [0.15, 0.2) is 35.4 Å². The molecule has 0 aliphatic heterocycles. The normalized spacial score (nSPS) is 12.2. The Bertz CT molecular complexity index is 1310. The highest BCUT2D eigenvalue weighted by molar-refractivity contribution is 6.02. The zero-order chi connectivity index (χ0) is 27.0. The molecule has 8 N–H and O–H groups in total. The second-order valence-electron chi connectivity index (χ2n) is 7.54. The number of carbonyl (C=O) groups excluding carboxylic acids is 2. The van der Waals surface area contributed by atoms with Gasteiger partial charge in [-0.3, -0.25) is 9.59 Å². The molecule has 1 unspecified atom stereocenters. The van der Waals surface area contributed by atoms with Crippen LogP contribution in [-0.2, 0) is 9.59 Å². The largest absolute Gasteiger partial charge is 0.504 e. The van der Waals surface area contributed by atoms with Crippen molar-refractivity contribution in [3.8, 4) is 46.6 Å². The first kappa shape index (κ1) is 26.9. The van der Waals surface area contributed by atoms with Gasteiger partial charge in [0.1, 0.15) is 23.3 Å². The van der Waals surface area contributed by atoms with Crippen LogP contribution in [0.25, 0.3) is 12.2 Å². The van der Waals surface area contributed by atoms with Crippen LogP contribution in [0.5, 0.6) is 34.5 Å². The lowest BCUT2D eigenvalue weighted by atomic mass is 10.1.